The van der Waals surface area contributed by atoms with Crippen LogP contribution >= 0.6 is 11.3 Å². The average molecular weight is 239 g/mol. The van der Waals surface area contributed by atoms with Gasteiger partial charge in [-0.1, -0.05) is 6.08 Å². The summed E-state index contributed by atoms with van der Waals surface area (Å²) in [4.78, 5) is 22.8. The lowest BCUT2D eigenvalue weighted by Gasteiger charge is -2.21. The van der Waals surface area contributed by atoms with E-state index >= 15 is 0 Å². The molecule has 1 rings (SSSR count). The number of thiophene rings is 1. The van der Waals surface area contributed by atoms with Crippen molar-refractivity contribution in [3.05, 3.63) is 34.5 Å². The molecular formula is C11H13NO3S. The van der Waals surface area contributed by atoms with E-state index in [1.807, 2.05) is 0 Å². The van der Waals surface area contributed by atoms with Crippen LogP contribution in [0.4, 0.5) is 0 Å². The van der Waals surface area contributed by atoms with Gasteiger partial charge < -0.3 is 10.4 Å². The molecule has 1 aromatic heterocycles. The Hall–Kier alpha value is -1.62. The molecule has 0 aliphatic rings. The summed E-state index contributed by atoms with van der Waals surface area (Å²) in [6.45, 7) is 7.16. The Balaban J connectivity index is 2.93. The lowest BCUT2D eigenvalue weighted by atomic mass is 10.1. The molecule has 5 heteroatoms. The van der Waals surface area contributed by atoms with Gasteiger partial charge in [0.25, 0.3) is 5.91 Å². The fourth-order valence-corrected chi connectivity index (χ4v) is 1.83. The second-order valence-electron chi connectivity index (χ2n) is 3.85. The number of amides is 1. The lowest BCUT2D eigenvalue weighted by Crippen LogP contribution is -2.41. The summed E-state index contributed by atoms with van der Waals surface area (Å²) in [6.07, 6.45) is 1.60. The van der Waals surface area contributed by atoms with E-state index in [-0.39, 0.29) is 10.4 Å². The lowest BCUT2D eigenvalue weighted by molar-refractivity contribution is 0.0691. The highest BCUT2D eigenvalue weighted by Gasteiger charge is 2.22. The maximum absolute atomic E-state index is 11.8. The first-order valence-electron chi connectivity index (χ1n) is 4.64. The van der Waals surface area contributed by atoms with Crippen molar-refractivity contribution < 1.29 is 14.7 Å². The molecule has 0 unspecified atom stereocenters. The molecule has 0 spiro atoms. The molecule has 1 heterocycles. The zero-order chi connectivity index (χ0) is 12.3. The van der Waals surface area contributed by atoms with Crippen LogP contribution in [-0.2, 0) is 0 Å². The van der Waals surface area contributed by atoms with Crippen LogP contribution in [0.3, 0.4) is 0 Å². The Morgan fingerprint density at radius 1 is 1.56 bits per heavy atom. The van der Waals surface area contributed by atoms with Gasteiger partial charge in [0.2, 0.25) is 0 Å². The van der Waals surface area contributed by atoms with Gasteiger partial charge in [0, 0.05) is 0 Å². The number of hydrogen-bond donors (Lipinski definition) is 2. The number of rotatable bonds is 4. The molecule has 0 saturated carbocycles. The smallest absolute Gasteiger partial charge is 0.337 e. The summed E-state index contributed by atoms with van der Waals surface area (Å²) in [5.74, 6) is -1.49. The van der Waals surface area contributed by atoms with Gasteiger partial charge in [-0.05, 0) is 25.3 Å². The third-order valence-corrected chi connectivity index (χ3v) is 2.96. The Morgan fingerprint density at radius 2 is 2.19 bits per heavy atom. The predicted octanol–water partition coefficient (Wildman–Crippen LogP) is 2.14. The van der Waals surface area contributed by atoms with Gasteiger partial charge in [0.15, 0.2) is 0 Å². The largest absolute Gasteiger partial charge is 0.478 e. The summed E-state index contributed by atoms with van der Waals surface area (Å²) in [6, 6.07) is 1.42. The van der Waals surface area contributed by atoms with Gasteiger partial charge in [0.1, 0.15) is 4.88 Å². The fraction of sp³-hybridized carbons (Fsp3) is 0.273. The van der Waals surface area contributed by atoms with Gasteiger partial charge in [0.05, 0.1) is 11.1 Å². The first-order valence-corrected chi connectivity index (χ1v) is 5.52. The van der Waals surface area contributed by atoms with Gasteiger partial charge in [-0.25, -0.2) is 4.79 Å². The van der Waals surface area contributed by atoms with Crippen LogP contribution in [0.5, 0.6) is 0 Å². The number of carboxylic acid groups (broad SMARTS) is 1. The standard InChI is InChI=1S/C11H13NO3S/c1-4-11(2,3)12-9(13)8-7(10(14)15)5-6-16-8/h4-6H,1H2,2-3H3,(H,12,13)(H,14,15). The Bertz CT molecular complexity index is 434. The molecule has 1 aromatic rings. The van der Waals surface area contributed by atoms with Crippen molar-refractivity contribution in [2.45, 2.75) is 19.4 Å². The first kappa shape index (κ1) is 12.4. The second-order valence-corrected chi connectivity index (χ2v) is 4.76. The highest BCUT2D eigenvalue weighted by Crippen LogP contribution is 2.18. The van der Waals surface area contributed by atoms with Crippen LogP contribution < -0.4 is 5.32 Å². The summed E-state index contributed by atoms with van der Waals surface area (Å²) in [5.41, 5.74) is -0.529. The fourth-order valence-electron chi connectivity index (χ4n) is 1.05. The number of carbonyl (C=O) groups excluding carboxylic acids is 1. The van der Waals surface area contributed by atoms with E-state index in [4.69, 9.17) is 5.11 Å². The minimum absolute atomic E-state index is 0.0300. The maximum atomic E-state index is 11.8. The minimum Gasteiger partial charge on any atom is -0.478 e. The van der Waals surface area contributed by atoms with Crippen molar-refractivity contribution in [3.63, 3.8) is 0 Å². The van der Waals surface area contributed by atoms with Crippen molar-refractivity contribution in [2.75, 3.05) is 0 Å². The van der Waals surface area contributed by atoms with Crippen molar-refractivity contribution in [2.24, 2.45) is 0 Å². The molecule has 0 saturated heterocycles. The monoisotopic (exact) mass is 239 g/mol. The topological polar surface area (TPSA) is 66.4 Å². The van der Waals surface area contributed by atoms with Gasteiger partial charge in [-0.15, -0.1) is 17.9 Å². The molecular weight excluding hydrogens is 226 g/mol. The van der Waals surface area contributed by atoms with Crippen LogP contribution in [0, 0.1) is 0 Å². The van der Waals surface area contributed by atoms with E-state index in [2.05, 4.69) is 11.9 Å². The molecule has 4 nitrogen and oxygen atoms in total. The van der Waals surface area contributed by atoms with Crippen molar-refractivity contribution >= 4 is 23.2 Å². The van der Waals surface area contributed by atoms with E-state index < -0.39 is 17.4 Å². The van der Waals surface area contributed by atoms with Gasteiger partial charge in [-0.2, -0.15) is 0 Å². The van der Waals surface area contributed by atoms with Crippen molar-refractivity contribution in [1.82, 2.24) is 5.32 Å². The second kappa shape index (κ2) is 4.49. The van der Waals surface area contributed by atoms with E-state index in [1.54, 1.807) is 25.3 Å². The zero-order valence-electron chi connectivity index (χ0n) is 9.11. The number of aromatic carboxylic acids is 1. The van der Waals surface area contributed by atoms with Gasteiger partial charge in [-0.3, -0.25) is 4.79 Å². The molecule has 0 fully saturated rings. The van der Waals surface area contributed by atoms with Crippen LogP contribution in [0.2, 0.25) is 0 Å². The van der Waals surface area contributed by atoms with Crippen LogP contribution in [0.25, 0.3) is 0 Å². The summed E-state index contributed by atoms with van der Waals surface area (Å²) in [5, 5.41) is 13.1. The molecule has 2 N–H and O–H groups in total. The molecule has 0 radical (unpaired) electrons. The van der Waals surface area contributed by atoms with Crippen LogP contribution in [0.1, 0.15) is 33.9 Å². The molecule has 0 atom stereocenters. The van der Waals surface area contributed by atoms with E-state index in [9.17, 15) is 9.59 Å². The molecule has 0 aromatic carbocycles. The van der Waals surface area contributed by atoms with Crippen LogP contribution in [-0.4, -0.2) is 22.5 Å². The van der Waals surface area contributed by atoms with E-state index in [1.165, 1.54) is 6.07 Å². The van der Waals surface area contributed by atoms with Gasteiger partial charge >= 0.3 is 5.97 Å². The molecule has 16 heavy (non-hydrogen) atoms. The van der Waals surface area contributed by atoms with Crippen molar-refractivity contribution in [3.8, 4) is 0 Å². The quantitative estimate of drug-likeness (QED) is 0.791. The average Bonchev–Trinajstić information content (AvgIpc) is 2.65. The van der Waals surface area contributed by atoms with E-state index in [0.717, 1.165) is 11.3 Å². The number of nitrogens with one attached hydrogen (secondary N) is 1. The number of carbonyl (C=O) groups is 2. The predicted molar refractivity (Wildman–Crippen MR) is 63.0 cm³/mol. The molecule has 1 amide bonds. The highest BCUT2D eigenvalue weighted by atomic mass is 32.1. The SMILES string of the molecule is C=CC(C)(C)NC(=O)c1sccc1C(=O)O. The van der Waals surface area contributed by atoms with Crippen molar-refractivity contribution in [1.29, 1.82) is 0 Å². The molecule has 0 aliphatic carbocycles. The Morgan fingerprint density at radius 3 is 2.69 bits per heavy atom. The Labute approximate surface area is 97.6 Å². The Kier molecular flexibility index (Phi) is 3.49. The maximum Gasteiger partial charge on any atom is 0.337 e. The third kappa shape index (κ3) is 2.70. The minimum atomic E-state index is -1.09. The third-order valence-electron chi connectivity index (χ3n) is 2.05. The summed E-state index contributed by atoms with van der Waals surface area (Å²) < 4.78 is 0. The number of carboxylic acids is 1. The summed E-state index contributed by atoms with van der Waals surface area (Å²) in [7, 11) is 0. The molecule has 0 aliphatic heterocycles. The molecule has 0 bridgehead atoms. The highest BCUT2D eigenvalue weighted by molar-refractivity contribution is 7.12. The number of hydrogen-bond acceptors (Lipinski definition) is 3. The first-order chi connectivity index (χ1) is 7.37. The van der Waals surface area contributed by atoms with E-state index in [0.29, 0.717) is 0 Å². The normalized spacial score (nSPS) is 10.9. The molecule has 86 valence electrons. The van der Waals surface area contributed by atoms with Crippen LogP contribution in [0.15, 0.2) is 24.1 Å². The zero-order valence-corrected chi connectivity index (χ0v) is 9.93. The summed E-state index contributed by atoms with van der Waals surface area (Å²) >= 11 is 1.11.